The Kier molecular flexibility index (Phi) is 4.72. The van der Waals surface area contributed by atoms with Gasteiger partial charge >= 0.3 is 0 Å². The molecule has 6 heteroatoms. The maximum atomic E-state index is 12.2. The summed E-state index contributed by atoms with van der Waals surface area (Å²) in [5.41, 5.74) is 13.3. The molecule has 0 bridgehead atoms. The van der Waals surface area contributed by atoms with Crippen LogP contribution in [0.5, 0.6) is 0 Å². The maximum Gasteiger partial charge on any atom is 0.280 e. The van der Waals surface area contributed by atoms with Gasteiger partial charge in [-0.15, -0.1) is 0 Å². The van der Waals surface area contributed by atoms with Gasteiger partial charge in [0.1, 0.15) is 0 Å². The van der Waals surface area contributed by atoms with E-state index in [0.29, 0.717) is 5.56 Å². The molecule has 1 aromatic heterocycles. The van der Waals surface area contributed by atoms with E-state index in [-0.39, 0.29) is 5.96 Å². The minimum absolute atomic E-state index is 0.225. The van der Waals surface area contributed by atoms with Gasteiger partial charge in [0.05, 0.1) is 0 Å². The molecule has 130 valence electrons. The average molecular weight is 337 g/mol. The Balaban J connectivity index is 2.11. The zero-order valence-corrected chi connectivity index (χ0v) is 14.6. The third-order valence-electron chi connectivity index (χ3n) is 4.24. The van der Waals surface area contributed by atoms with E-state index < -0.39 is 5.91 Å². The second-order valence-corrected chi connectivity index (χ2v) is 6.40. The Morgan fingerprint density at radius 3 is 2.52 bits per heavy atom. The number of fused-ring (bicyclic) bond motifs is 3. The minimum Gasteiger partial charge on any atom is -0.370 e. The van der Waals surface area contributed by atoms with E-state index in [9.17, 15) is 4.79 Å². The van der Waals surface area contributed by atoms with Crippen molar-refractivity contribution < 1.29 is 4.79 Å². The molecule has 0 saturated heterocycles. The van der Waals surface area contributed by atoms with Gasteiger partial charge in [-0.05, 0) is 45.3 Å². The number of nitrogens with zero attached hydrogens (tertiary/aromatic N) is 3. The maximum absolute atomic E-state index is 12.2. The highest BCUT2D eigenvalue weighted by Gasteiger charge is 2.13. The molecular weight excluding hydrogens is 314 g/mol. The zero-order chi connectivity index (χ0) is 18.0. The first-order valence-electron chi connectivity index (χ1n) is 8.27. The molecule has 3 aromatic rings. The fourth-order valence-electron chi connectivity index (χ4n) is 3.15. The van der Waals surface area contributed by atoms with Gasteiger partial charge in [0, 0.05) is 33.9 Å². The van der Waals surface area contributed by atoms with Crippen LogP contribution in [-0.2, 0) is 6.54 Å². The van der Waals surface area contributed by atoms with Crippen LogP contribution in [0.4, 0.5) is 0 Å². The quantitative estimate of drug-likeness (QED) is 0.551. The van der Waals surface area contributed by atoms with Crippen molar-refractivity contribution >= 4 is 33.7 Å². The summed E-state index contributed by atoms with van der Waals surface area (Å²) in [5.74, 6) is -0.649. The largest absolute Gasteiger partial charge is 0.370 e. The van der Waals surface area contributed by atoms with Crippen LogP contribution < -0.4 is 11.5 Å². The molecule has 3 rings (SSSR count). The second kappa shape index (κ2) is 6.94. The van der Waals surface area contributed by atoms with Crippen LogP contribution in [0.3, 0.4) is 0 Å². The predicted molar refractivity (Wildman–Crippen MR) is 103 cm³/mol. The fourth-order valence-corrected chi connectivity index (χ4v) is 3.15. The van der Waals surface area contributed by atoms with Crippen molar-refractivity contribution in [2.45, 2.75) is 13.0 Å². The Hall–Kier alpha value is -2.86. The molecule has 25 heavy (non-hydrogen) atoms. The number of amides is 1. The Morgan fingerprint density at radius 1 is 1.08 bits per heavy atom. The predicted octanol–water partition coefficient (Wildman–Crippen LogP) is 2.16. The molecule has 0 spiro atoms. The van der Waals surface area contributed by atoms with Gasteiger partial charge in [-0.3, -0.25) is 4.79 Å². The van der Waals surface area contributed by atoms with Crippen molar-refractivity contribution in [3.05, 3.63) is 48.0 Å². The zero-order valence-electron chi connectivity index (χ0n) is 14.6. The van der Waals surface area contributed by atoms with E-state index in [1.165, 1.54) is 10.9 Å². The molecule has 0 aliphatic carbocycles. The lowest BCUT2D eigenvalue weighted by molar-refractivity contribution is 0.100. The van der Waals surface area contributed by atoms with Crippen LogP contribution in [0.25, 0.3) is 21.8 Å². The van der Waals surface area contributed by atoms with Crippen LogP contribution in [0, 0.1) is 0 Å². The number of aliphatic imine (C=N–C) groups is 1. The van der Waals surface area contributed by atoms with Crippen molar-refractivity contribution in [2.75, 3.05) is 20.6 Å². The monoisotopic (exact) mass is 337 g/mol. The molecule has 0 aliphatic heterocycles. The smallest absolute Gasteiger partial charge is 0.280 e. The molecule has 0 atom stereocenters. The normalized spacial score (nSPS) is 11.3. The Bertz CT molecular complexity index is 951. The standard InChI is InChI=1S/C19H23N5O/c1-23(2)10-5-11-24-16-7-4-3-6-14(16)15-9-8-13(12-17(15)24)18(25)22-19(20)21/h3-4,6-9,12H,5,10-11H2,1-2H3,(H4,20,21,22,25). The summed E-state index contributed by atoms with van der Waals surface area (Å²) in [6, 6.07) is 13.9. The molecule has 4 N–H and O–H groups in total. The van der Waals surface area contributed by atoms with Gasteiger partial charge < -0.3 is 20.9 Å². The van der Waals surface area contributed by atoms with Crippen molar-refractivity contribution in [1.82, 2.24) is 9.47 Å². The van der Waals surface area contributed by atoms with Gasteiger partial charge in [0.15, 0.2) is 5.96 Å². The van der Waals surface area contributed by atoms with E-state index in [1.807, 2.05) is 24.3 Å². The molecule has 0 unspecified atom stereocenters. The molecule has 0 fully saturated rings. The highest BCUT2D eigenvalue weighted by Crippen LogP contribution is 2.30. The van der Waals surface area contributed by atoms with E-state index in [1.54, 1.807) is 6.07 Å². The van der Waals surface area contributed by atoms with Gasteiger partial charge in [0.2, 0.25) is 0 Å². The highest BCUT2D eigenvalue weighted by atomic mass is 16.1. The van der Waals surface area contributed by atoms with Gasteiger partial charge in [-0.1, -0.05) is 24.3 Å². The van der Waals surface area contributed by atoms with Crippen LogP contribution in [0.15, 0.2) is 47.5 Å². The second-order valence-electron chi connectivity index (χ2n) is 6.40. The Labute approximate surface area is 146 Å². The van der Waals surface area contributed by atoms with Gasteiger partial charge in [-0.2, -0.15) is 4.99 Å². The number of hydrogen-bond donors (Lipinski definition) is 2. The lowest BCUT2D eigenvalue weighted by Crippen LogP contribution is -2.24. The van der Waals surface area contributed by atoms with E-state index in [4.69, 9.17) is 11.5 Å². The number of rotatable bonds is 5. The SMILES string of the molecule is CN(C)CCCn1c2ccccc2c2ccc(C(=O)N=C(N)N)cc21. The molecular formula is C19H23N5O. The van der Waals surface area contributed by atoms with Crippen LogP contribution in [-0.4, -0.2) is 42.0 Å². The molecule has 2 aromatic carbocycles. The molecule has 0 saturated carbocycles. The molecule has 6 nitrogen and oxygen atoms in total. The van der Waals surface area contributed by atoms with E-state index in [0.717, 1.165) is 30.4 Å². The van der Waals surface area contributed by atoms with Crippen molar-refractivity contribution in [1.29, 1.82) is 0 Å². The van der Waals surface area contributed by atoms with Crippen LogP contribution in [0.2, 0.25) is 0 Å². The number of benzene rings is 2. The van der Waals surface area contributed by atoms with Gasteiger partial charge in [-0.25, -0.2) is 0 Å². The number of hydrogen-bond acceptors (Lipinski definition) is 2. The Morgan fingerprint density at radius 2 is 1.80 bits per heavy atom. The minimum atomic E-state index is -0.424. The fraction of sp³-hybridized carbons (Fsp3) is 0.263. The van der Waals surface area contributed by atoms with Crippen LogP contribution in [0.1, 0.15) is 16.8 Å². The summed E-state index contributed by atoms with van der Waals surface area (Å²) < 4.78 is 2.26. The third-order valence-corrected chi connectivity index (χ3v) is 4.24. The molecule has 1 heterocycles. The van der Waals surface area contributed by atoms with Crippen molar-refractivity contribution in [3.8, 4) is 0 Å². The molecule has 0 aliphatic rings. The number of carbonyl (C=O) groups is 1. The number of aromatic nitrogens is 1. The third kappa shape index (κ3) is 3.49. The first-order valence-corrected chi connectivity index (χ1v) is 8.27. The summed E-state index contributed by atoms with van der Waals surface area (Å²) in [4.78, 5) is 18.0. The van der Waals surface area contributed by atoms with Gasteiger partial charge in [0.25, 0.3) is 5.91 Å². The summed E-state index contributed by atoms with van der Waals surface area (Å²) in [5, 5.41) is 2.31. The lowest BCUT2D eigenvalue weighted by Gasteiger charge is -2.11. The lowest BCUT2D eigenvalue weighted by atomic mass is 10.1. The average Bonchev–Trinajstić information content (AvgIpc) is 2.88. The van der Waals surface area contributed by atoms with E-state index in [2.05, 4.69) is 40.7 Å². The molecule has 0 radical (unpaired) electrons. The highest BCUT2D eigenvalue weighted by molar-refractivity contribution is 6.11. The topological polar surface area (TPSA) is 89.6 Å². The summed E-state index contributed by atoms with van der Waals surface area (Å²) >= 11 is 0. The summed E-state index contributed by atoms with van der Waals surface area (Å²) in [6.07, 6.45) is 1.02. The summed E-state index contributed by atoms with van der Waals surface area (Å²) in [7, 11) is 4.13. The number of aryl methyl sites for hydroxylation is 1. The van der Waals surface area contributed by atoms with E-state index >= 15 is 0 Å². The van der Waals surface area contributed by atoms with Crippen molar-refractivity contribution in [3.63, 3.8) is 0 Å². The summed E-state index contributed by atoms with van der Waals surface area (Å²) in [6.45, 7) is 1.88. The number of carbonyl (C=O) groups excluding carboxylic acids is 1. The molecule has 1 amide bonds. The number of guanidine groups is 1. The first kappa shape index (κ1) is 17.0. The van der Waals surface area contributed by atoms with Crippen LogP contribution >= 0.6 is 0 Å². The number of para-hydroxylation sites is 1. The number of nitrogens with two attached hydrogens (primary N) is 2. The van der Waals surface area contributed by atoms with Crippen molar-refractivity contribution in [2.24, 2.45) is 16.5 Å². The first-order chi connectivity index (χ1) is 12.0.